The molecule has 1 saturated heterocycles. The van der Waals surface area contributed by atoms with Crippen molar-refractivity contribution in [2.24, 2.45) is 5.41 Å². The minimum Gasteiger partial charge on any atom is -0.390 e. The van der Waals surface area contributed by atoms with Crippen LogP contribution in [-0.4, -0.2) is 82.6 Å². The molecule has 1 aliphatic heterocycles. The maximum atomic E-state index is 15.7. The average molecular weight is 694 g/mol. The van der Waals surface area contributed by atoms with Gasteiger partial charge >= 0.3 is 18.3 Å². The summed E-state index contributed by atoms with van der Waals surface area (Å²) in [7, 11) is 0. The summed E-state index contributed by atoms with van der Waals surface area (Å²) in [5.74, 6) is -8.03. The van der Waals surface area contributed by atoms with Gasteiger partial charge in [0.1, 0.15) is 5.60 Å². The molecule has 0 radical (unpaired) electrons. The highest BCUT2D eigenvalue weighted by atomic mass is 19.3. The van der Waals surface area contributed by atoms with Gasteiger partial charge in [0, 0.05) is 19.6 Å². The van der Waals surface area contributed by atoms with Crippen molar-refractivity contribution in [1.82, 2.24) is 5.32 Å². The van der Waals surface area contributed by atoms with E-state index in [1.807, 2.05) is 0 Å². The van der Waals surface area contributed by atoms with Crippen molar-refractivity contribution in [1.29, 1.82) is 0 Å². The summed E-state index contributed by atoms with van der Waals surface area (Å²) in [5, 5.41) is 11.2. The van der Waals surface area contributed by atoms with Gasteiger partial charge in [-0.1, -0.05) is 0 Å². The third-order valence-electron chi connectivity index (χ3n) is 8.46. The van der Waals surface area contributed by atoms with Crippen LogP contribution in [0, 0.1) is 5.41 Å². The van der Waals surface area contributed by atoms with Crippen LogP contribution in [0.25, 0.3) is 0 Å². The van der Waals surface area contributed by atoms with Crippen LogP contribution in [0.2, 0.25) is 0 Å². The molecule has 0 aromatic carbocycles. The van der Waals surface area contributed by atoms with Crippen LogP contribution in [0.5, 0.6) is 0 Å². The molecule has 7 nitrogen and oxygen atoms in total. The maximum Gasteiger partial charge on any atom is 0.408 e. The SMILES string of the molecule is CCOC(C)(C)CC(F)(F)C(C)(C)OC(F)(F)C(C)(C)C(C)(C)OC(F)(F)C1(F)NC1(C)OC(F)(F)CC(C)OCCC(C)(C)O. The van der Waals surface area contributed by atoms with E-state index in [0.29, 0.717) is 34.6 Å². The molecule has 0 aliphatic carbocycles. The summed E-state index contributed by atoms with van der Waals surface area (Å²) in [6.07, 6.45) is -17.2. The number of hydrogen-bond donors (Lipinski definition) is 2. The zero-order chi connectivity index (χ0) is 36.9. The highest BCUT2D eigenvalue weighted by Crippen LogP contribution is 2.58. The minimum atomic E-state index is -5.07. The lowest BCUT2D eigenvalue weighted by atomic mass is 9.75. The third kappa shape index (κ3) is 9.84. The molecule has 1 fully saturated rings. The molecule has 16 heteroatoms. The van der Waals surface area contributed by atoms with Gasteiger partial charge in [0.15, 0.2) is 5.72 Å². The second kappa shape index (κ2) is 13.1. The Morgan fingerprint density at radius 2 is 1.30 bits per heavy atom. The lowest BCUT2D eigenvalue weighted by molar-refractivity contribution is -0.421. The summed E-state index contributed by atoms with van der Waals surface area (Å²) >= 11 is 0. The Labute approximate surface area is 266 Å². The van der Waals surface area contributed by atoms with E-state index in [1.165, 1.54) is 39.9 Å². The fourth-order valence-electron chi connectivity index (χ4n) is 4.57. The van der Waals surface area contributed by atoms with Crippen molar-refractivity contribution < 1.29 is 68.3 Å². The predicted molar refractivity (Wildman–Crippen MR) is 152 cm³/mol. The first-order valence-electron chi connectivity index (χ1n) is 15.0. The third-order valence-corrected chi connectivity index (χ3v) is 8.46. The van der Waals surface area contributed by atoms with Crippen molar-refractivity contribution in [3.8, 4) is 0 Å². The highest BCUT2D eigenvalue weighted by Gasteiger charge is 2.84. The quantitative estimate of drug-likeness (QED) is 0.0756. The lowest BCUT2D eigenvalue weighted by Crippen LogP contribution is -2.62. The van der Waals surface area contributed by atoms with E-state index < -0.39 is 82.5 Å². The highest BCUT2D eigenvalue weighted by molar-refractivity contribution is 5.18. The van der Waals surface area contributed by atoms with Crippen LogP contribution in [0.4, 0.5) is 39.5 Å². The monoisotopic (exact) mass is 693 g/mol. The van der Waals surface area contributed by atoms with Gasteiger partial charge in [0.05, 0.1) is 34.7 Å². The second-order valence-corrected chi connectivity index (χ2v) is 15.0. The fourth-order valence-corrected chi connectivity index (χ4v) is 4.57. The van der Waals surface area contributed by atoms with Crippen LogP contribution in [0.15, 0.2) is 0 Å². The molecule has 0 spiro atoms. The summed E-state index contributed by atoms with van der Waals surface area (Å²) in [6, 6.07) is 0. The number of ether oxygens (including phenoxy) is 5. The van der Waals surface area contributed by atoms with Gasteiger partial charge in [-0.2, -0.15) is 26.3 Å². The molecule has 0 amide bonds. The van der Waals surface area contributed by atoms with Crippen molar-refractivity contribution in [3.05, 3.63) is 0 Å². The van der Waals surface area contributed by atoms with E-state index in [2.05, 4.69) is 14.2 Å². The van der Waals surface area contributed by atoms with Gasteiger partial charge in [0.25, 0.3) is 11.7 Å². The molecule has 1 rings (SSSR count). The van der Waals surface area contributed by atoms with Crippen molar-refractivity contribution in [2.45, 2.75) is 174 Å². The Bertz CT molecular complexity index is 1030. The Hall–Kier alpha value is -0.910. The average Bonchev–Trinajstić information content (AvgIpc) is 3.30. The van der Waals surface area contributed by atoms with Gasteiger partial charge in [-0.15, -0.1) is 0 Å². The molecule has 0 bridgehead atoms. The smallest absolute Gasteiger partial charge is 0.390 e. The van der Waals surface area contributed by atoms with Gasteiger partial charge in [0.2, 0.25) is 0 Å². The number of rotatable bonds is 20. The van der Waals surface area contributed by atoms with Crippen molar-refractivity contribution in [3.63, 3.8) is 0 Å². The van der Waals surface area contributed by atoms with E-state index >= 15 is 30.7 Å². The number of alkyl halides is 9. The first kappa shape index (κ1) is 43.1. The van der Waals surface area contributed by atoms with Crippen molar-refractivity contribution in [2.75, 3.05) is 13.2 Å². The van der Waals surface area contributed by atoms with Gasteiger partial charge in [-0.05, 0) is 96.4 Å². The topological polar surface area (TPSA) is 88.3 Å². The number of hydrogen-bond acceptors (Lipinski definition) is 7. The van der Waals surface area contributed by atoms with E-state index in [9.17, 15) is 13.9 Å². The van der Waals surface area contributed by atoms with Crippen LogP contribution in [0.1, 0.15) is 109 Å². The molecule has 2 N–H and O–H groups in total. The molecule has 1 heterocycles. The van der Waals surface area contributed by atoms with Gasteiger partial charge in [-0.3, -0.25) is 4.74 Å². The van der Waals surface area contributed by atoms with Crippen LogP contribution in [0.3, 0.4) is 0 Å². The Kier molecular flexibility index (Phi) is 12.3. The zero-order valence-corrected chi connectivity index (χ0v) is 29.0. The largest absolute Gasteiger partial charge is 0.408 e. The first-order valence-corrected chi connectivity index (χ1v) is 15.0. The van der Waals surface area contributed by atoms with Crippen molar-refractivity contribution >= 4 is 0 Å². The molecule has 276 valence electrons. The second-order valence-electron chi connectivity index (χ2n) is 15.0. The first-order chi connectivity index (χ1) is 19.9. The molecule has 0 saturated carbocycles. The van der Waals surface area contributed by atoms with E-state index in [-0.39, 0.29) is 19.6 Å². The van der Waals surface area contributed by atoms with Gasteiger partial charge < -0.3 is 24.1 Å². The summed E-state index contributed by atoms with van der Waals surface area (Å²) < 4.78 is 161. The minimum absolute atomic E-state index is 0.0670. The molecule has 0 aromatic rings. The normalized spacial score (nSPS) is 23.5. The molecular weight excluding hydrogens is 641 g/mol. The number of nitrogens with one attached hydrogen (secondary N) is 1. The Morgan fingerprint density at radius 3 is 1.76 bits per heavy atom. The van der Waals surface area contributed by atoms with Crippen LogP contribution >= 0.6 is 0 Å². The summed E-state index contributed by atoms with van der Waals surface area (Å²) in [6.45, 7) is 13.2. The molecule has 1 aliphatic rings. The molecular formula is C30H52F9NO6. The molecule has 3 atom stereocenters. The van der Waals surface area contributed by atoms with E-state index in [0.717, 1.165) is 13.8 Å². The molecule has 0 aromatic heterocycles. The lowest BCUT2D eigenvalue weighted by Gasteiger charge is -2.49. The standard InChI is InChI=1S/C30H52F9NO6/c1-14-43-21(5,6)18-26(31,32)24(11,12)45-29(36,37)22(7,8)23(9,10)44-30(38,39)28(35)25(13,40-28)46-27(33,34)17-19(2)42-16-15-20(3,4)41/h19,40-41H,14-18H2,1-13H3. The van der Waals surface area contributed by atoms with Crippen LogP contribution < -0.4 is 5.32 Å². The predicted octanol–water partition coefficient (Wildman–Crippen LogP) is 8.18. The van der Waals surface area contributed by atoms with E-state index in [4.69, 9.17) is 9.47 Å². The zero-order valence-electron chi connectivity index (χ0n) is 29.0. The fraction of sp³-hybridized carbons (Fsp3) is 1.00. The Balaban J connectivity index is 3.12. The molecule has 46 heavy (non-hydrogen) atoms. The van der Waals surface area contributed by atoms with Crippen LogP contribution in [-0.2, 0) is 23.7 Å². The van der Waals surface area contributed by atoms with E-state index in [1.54, 1.807) is 6.92 Å². The summed E-state index contributed by atoms with van der Waals surface area (Å²) in [5.41, 5.74) is -14.1. The Morgan fingerprint density at radius 1 is 0.804 bits per heavy atom. The molecule has 3 unspecified atom stereocenters. The number of aliphatic hydroxyl groups is 1. The van der Waals surface area contributed by atoms with Gasteiger partial charge in [-0.25, -0.2) is 18.5 Å². The maximum absolute atomic E-state index is 15.7. The number of halogens is 9. The summed E-state index contributed by atoms with van der Waals surface area (Å²) in [4.78, 5) is 0.